The smallest absolute Gasteiger partial charge is 0.249 e. The van der Waals surface area contributed by atoms with Crippen molar-refractivity contribution in [2.75, 3.05) is 18.4 Å². The van der Waals surface area contributed by atoms with Crippen LogP contribution in [0, 0.1) is 5.92 Å². The van der Waals surface area contributed by atoms with E-state index < -0.39 is 0 Å². The molecule has 0 bridgehead atoms. The van der Waals surface area contributed by atoms with E-state index in [-0.39, 0.29) is 23.7 Å². The van der Waals surface area contributed by atoms with Gasteiger partial charge in [-0.1, -0.05) is 54.6 Å². The molecule has 0 unspecified atom stereocenters. The second-order valence-corrected chi connectivity index (χ2v) is 8.23. The molecule has 34 heavy (non-hydrogen) atoms. The first-order valence-corrected chi connectivity index (χ1v) is 11.3. The van der Waals surface area contributed by atoms with Gasteiger partial charge in [-0.25, -0.2) is 4.98 Å². The first kappa shape index (κ1) is 21.5. The Labute approximate surface area is 196 Å². The van der Waals surface area contributed by atoms with E-state index in [0.29, 0.717) is 37.4 Å². The molecule has 2 aromatic heterocycles. The molecule has 2 amide bonds. The highest BCUT2D eigenvalue weighted by Crippen LogP contribution is 2.21. The van der Waals surface area contributed by atoms with Crippen molar-refractivity contribution in [3.63, 3.8) is 0 Å². The average Bonchev–Trinajstić information content (AvgIpc) is 3.36. The maximum Gasteiger partial charge on any atom is 0.249 e. The normalized spacial score (nSPS) is 14.5. The van der Waals surface area contributed by atoms with E-state index >= 15 is 0 Å². The SMILES string of the molecule is O=C(Nc1n[nH]c(-c2ccc3ccccc3n2)n1)C1CCN(C(=O)/C=C/c2ccccc2)CC1. The van der Waals surface area contributed by atoms with Gasteiger partial charge in [-0.2, -0.15) is 4.98 Å². The van der Waals surface area contributed by atoms with E-state index in [1.807, 2.05) is 72.8 Å². The molecule has 4 aromatic rings. The number of hydrogen-bond acceptors (Lipinski definition) is 5. The zero-order chi connectivity index (χ0) is 23.3. The number of carbonyl (C=O) groups is 2. The summed E-state index contributed by atoms with van der Waals surface area (Å²) < 4.78 is 0. The minimum atomic E-state index is -0.192. The van der Waals surface area contributed by atoms with E-state index in [9.17, 15) is 9.59 Å². The molecule has 1 fully saturated rings. The number of nitrogens with zero attached hydrogens (tertiary/aromatic N) is 4. The lowest BCUT2D eigenvalue weighted by atomic mass is 9.96. The number of aromatic nitrogens is 4. The average molecular weight is 453 g/mol. The quantitative estimate of drug-likeness (QED) is 0.447. The summed E-state index contributed by atoms with van der Waals surface area (Å²) in [5.74, 6) is 0.349. The maximum absolute atomic E-state index is 12.7. The van der Waals surface area contributed by atoms with Gasteiger partial charge in [0.05, 0.1) is 5.52 Å². The fourth-order valence-corrected chi connectivity index (χ4v) is 4.04. The highest BCUT2D eigenvalue weighted by atomic mass is 16.2. The number of benzene rings is 2. The molecule has 0 spiro atoms. The van der Waals surface area contributed by atoms with Crippen molar-refractivity contribution >= 4 is 34.7 Å². The number of H-pyrrole nitrogens is 1. The predicted octanol–water partition coefficient (Wildman–Crippen LogP) is 3.91. The third-order valence-corrected chi connectivity index (χ3v) is 5.96. The van der Waals surface area contributed by atoms with E-state index in [1.54, 1.807) is 11.0 Å². The summed E-state index contributed by atoms with van der Waals surface area (Å²) in [6, 6.07) is 21.4. The van der Waals surface area contributed by atoms with E-state index in [1.165, 1.54) is 0 Å². The zero-order valence-electron chi connectivity index (χ0n) is 18.5. The van der Waals surface area contributed by atoms with Crippen molar-refractivity contribution < 1.29 is 9.59 Å². The van der Waals surface area contributed by atoms with Crippen LogP contribution in [0.2, 0.25) is 0 Å². The number of para-hydroxylation sites is 1. The Hall–Kier alpha value is -4.33. The van der Waals surface area contributed by atoms with Crippen LogP contribution < -0.4 is 5.32 Å². The Morgan fingerprint density at radius 3 is 2.53 bits per heavy atom. The summed E-state index contributed by atoms with van der Waals surface area (Å²) in [5, 5.41) is 10.8. The van der Waals surface area contributed by atoms with Crippen LogP contribution in [0.5, 0.6) is 0 Å². The van der Waals surface area contributed by atoms with Crippen molar-refractivity contribution in [2.45, 2.75) is 12.8 Å². The molecular weight excluding hydrogens is 428 g/mol. The van der Waals surface area contributed by atoms with Crippen molar-refractivity contribution in [2.24, 2.45) is 5.92 Å². The number of fused-ring (bicyclic) bond motifs is 1. The first-order chi connectivity index (χ1) is 16.7. The lowest BCUT2D eigenvalue weighted by Crippen LogP contribution is -2.40. The van der Waals surface area contributed by atoms with Gasteiger partial charge in [0.25, 0.3) is 0 Å². The van der Waals surface area contributed by atoms with Gasteiger partial charge in [0.2, 0.25) is 17.8 Å². The fraction of sp³-hybridized carbons (Fsp3) is 0.192. The number of amides is 2. The zero-order valence-corrected chi connectivity index (χ0v) is 18.5. The molecule has 0 atom stereocenters. The summed E-state index contributed by atoms with van der Waals surface area (Å²) in [4.78, 5) is 36.0. The Bertz CT molecular complexity index is 1340. The van der Waals surface area contributed by atoms with E-state index in [0.717, 1.165) is 16.5 Å². The summed E-state index contributed by atoms with van der Waals surface area (Å²) in [6.07, 6.45) is 4.60. The second kappa shape index (κ2) is 9.66. The standard InChI is InChI=1S/C26H24N6O2/c33-23(13-10-18-6-2-1-3-7-18)32-16-14-20(15-17-32)25(34)29-26-28-24(30-31-26)22-12-11-19-8-4-5-9-21(19)27-22/h1-13,20H,14-17H2,(H2,28,29,30,31,34)/b13-10+. The number of rotatable bonds is 5. The van der Waals surface area contributed by atoms with Crippen LogP contribution >= 0.6 is 0 Å². The summed E-state index contributed by atoms with van der Waals surface area (Å²) in [7, 11) is 0. The number of pyridine rings is 1. The molecular formula is C26H24N6O2. The summed E-state index contributed by atoms with van der Waals surface area (Å²) in [5.41, 5.74) is 2.50. The van der Waals surface area contributed by atoms with Crippen molar-refractivity contribution in [3.8, 4) is 11.5 Å². The number of nitrogens with one attached hydrogen (secondary N) is 2. The lowest BCUT2D eigenvalue weighted by Gasteiger charge is -2.30. The molecule has 170 valence electrons. The van der Waals surface area contributed by atoms with Gasteiger partial charge in [0.15, 0.2) is 5.82 Å². The monoisotopic (exact) mass is 452 g/mol. The largest absolute Gasteiger partial charge is 0.339 e. The van der Waals surface area contributed by atoms with Gasteiger partial charge in [-0.15, -0.1) is 5.10 Å². The molecule has 5 rings (SSSR count). The number of carbonyl (C=O) groups excluding carboxylic acids is 2. The lowest BCUT2D eigenvalue weighted by molar-refractivity contribution is -0.130. The fourth-order valence-electron chi connectivity index (χ4n) is 4.04. The van der Waals surface area contributed by atoms with Crippen LogP contribution in [0.1, 0.15) is 18.4 Å². The summed E-state index contributed by atoms with van der Waals surface area (Å²) >= 11 is 0. The van der Waals surface area contributed by atoms with Crippen LogP contribution in [0.15, 0.2) is 72.8 Å². The van der Waals surface area contributed by atoms with Crippen molar-refractivity contribution in [1.82, 2.24) is 25.1 Å². The second-order valence-electron chi connectivity index (χ2n) is 8.23. The Kier molecular flexibility index (Phi) is 6.11. The molecule has 1 saturated heterocycles. The molecule has 3 heterocycles. The Morgan fingerprint density at radius 1 is 0.941 bits per heavy atom. The minimum Gasteiger partial charge on any atom is -0.339 e. The van der Waals surface area contributed by atoms with Crippen LogP contribution in [-0.4, -0.2) is 50.0 Å². The molecule has 2 aromatic carbocycles. The molecule has 2 N–H and O–H groups in total. The molecule has 1 aliphatic rings. The summed E-state index contributed by atoms with van der Waals surface area (Å²) in [6.45, 7) is 1.08. The van der Waals surface area contributed by atoms with Gasteiger partial charge in [0, 0.05) is 30.5 Å². The van der Waals surface area contributed by atoms with Crippen LogP contribution in [0.4, 0.5) is 5.95 Å². The number of piperidine rings is 1. The third-order valence-electron chi connectivity index (χ3n) is 5.96. The minimum absolute atomic E-state index is 0.0378. The highest BCUT2D eigenvalue weighted by Gasteiger charge is 2.27. The molecule has 0 aliphatic carbocycles. The molecule has 0 radical (unpaired) electrons. The number of anilines is 1. The van der Waals surface area contributed by atoms with Crippen LogP contribution in [-0.2, 0) is 9.59 Å². The Balaban J connectivity index is 1.15. The highest BCUT2D eigenvalue weighted by molar-refractivity contribution is 5.93. The molecule has 8 nitrogen and oxygen atoms in total. The maximum atomic E-state index is 12.7. The predicted molar refractivity (Wildman–Crippen MR) is 131 cm³/mol. The first-order valence-electron chi connectivity index (χ1n) is 11.3. The molecule has 0 saturated carbocycles. The number of aromatic amines is 1. The molecule has 1 aliphatic heterocycles. The third kappa shape index (κ3) is 4.85. The Morgan fingerprint density at radius 2 is 1.71 bits per heavy atom. The van der Waals surface area contributed by atoms with Crippen molar-refractivity contribution in [1.29, 1.82) is 0 Å². The number of hydrogen-bond donors (Lipinski definition) is 2. The van der Waals surface area contributed by atoms with Crippen LogP contribution in [0.25, 0.3) is 28.5 Å². The van der Waals surface area contributed by atoms with Gasteiger partial charge < -0.3 is 4.90 Å². The topological polar surface area (TPSA) is 104 Å². The van der Waals surface area contributed by atoms with Gasteiger partial charge in [-0.05, 0) is 36.6 Å². The van der Waals surface area contributed by atoms with E-state index in [2.05, 4.69) is 25.5 Å². The number of likely N-dealkylation sites (tertiary alicyclic amines) is 1. The van der Waals surface area contributed by atoms with Gasteiger partial charge >= 0.3 is 0 Å². The van der Waals surface area contributed by atoms with Gasteiger partial charge in [0.1, 0.15) is 5.69 Å². The van der Waals surface area contributed by atoms with Gasteiger partial charge in [-0.3, -0.25) is 20.0 Å². The van der Waals surface area contributed by atoms with E-state index in [4.69, 9.17) is 0 Å². The molecule has 8 heteroatoms. The van der Waals surface area contributed by atoms with Crippen LogP contribution in [0.3, 0.4) is 0 Å². The van der Waals surface area contributed by atoms with Crippen molar-refractivity contribution in [3.05, 3.63) is 78.4 Å².